The Hall–Kier alpha value is -4.13. The Kier molecular flexibility index (Phi) is 7.78. The van der Waals surface area contributed by atoms with Gasteiger partial charge in [-0.15, -0.1) is 0 Å². The van der Waals surface area contributed by atoms with Gasteiger partial charge in [0.1, 0.15) is 23.6 Å². The molecule has 4 rings (SSSR count). The summed E-state index contributed by atoms with van der Waals surface area (Å²) in [6.07, 6.45) is -1.08. The lowest BCUT2D eigenvalue weighted by Gasteiger charge is -2.43. The molecule has 3 aromatic rings. The fourth-order valence-corrected chi connectivity index (χ4v) is 4.81. The number of carbonyl (C=O) groups excluding carboxylic acids is 2. The van der Waals surface area contributed by atoms with Crippen LogP contribution in [0.25, 0.3) is 16.9 Å². The van der Waals surface area contributed by atoms with Gasteiger partial charge in [0.05, 0.1) is 11.7 Å². The summed E-state index contributed by atoms with van der Waals surface area (Å²) in [6.45, 7) is 10.8. The van der Waals surface area contributed by atoms with E-state index in [4.69, 9.17) is 9.47 Å². The predicted octanol–water partition coefficient (Wildman–Crippen LogP) is 2.31. The molecule has 13 nitrogen and oxygen atoms in total. The molecule has 1 saturated heterocycles. The number of hydrogen-bond donors (Lipinski definition) is 1. The van der Waals surface area contributed by atoms with E-state index in [1.54, 1.807) is 65.8 Å². The van der Waals surface area contributed by atoms with Crippen molar-refractivity contribution < 1.29 is 24.2 Å². The van der Waals surface area contributed by atoms with Crippen molar-refractivity contribution in [2.45, 2.75) is 64.9 Å². The summed E-state index contributed by atoms with van der Waals surface area (Å²) in [5.74, 6) is 0. The number of benzene rings is 1. The highest BCUT2D eigenvalue weighted by Crippen LogP contribution is 2.31. The minimum absolute atomic E-state index is 0.0232. The zero-order chi connectivity index (χ0) is 30.4. The summed E-state index contributed by atoms with van der Waals surface area (Å²) in [5.41, 5.74) is -1.42. The molecule has 1 aliphatic heterocycles. The van der Waals surface area contributed by atoms with Crippen LogP contribution in [0.3, 0.4) is 0 Å². The van der Waals surface area contributed by atoms with Crippen molar-refractivity contribution in [3.05, 3.63) is 57.0 Å². The van der Waals surface area contributed by atoms with Crippen LogP contribution in [-0.2, 0) is 23.6 Å². The van der Waals surface area contributed by atoms with Gasteiger partial charge in [-0.1, -0.05) is 18.2 Å². The first-order chi connectivity index (χ1) is 19.0. The Balaban J connectivity index is 1.80. The van der Waals surface area contributed by atoms with Crippen molar-refractivity contribution in [3.63, 3.8) is 0 Å². The SMILES string of the molecule is Cn1c(=O)c2c(ncn2-c2ccccc2C(O)C2CN(C(=O)OC(C)(C)C)CCN2C(=O)OC(C)(C)C)n(C)c1=O. The zero-order valence-corrected chi connectivity index (χ0v) is 24.7. The molecule has 0 spiro atoms. The molecule has 1 aromatic carbocycles. The normalized spacial score (nSPS) is 17.0. The summed E-state index contributed by atoms with van der Waals surface area (Å²) in [4.78, 5) is 59.0. The number of nitrogens with zero attached hydrogens (tertiary/aromatic N) is 6. The minimum atomic E-state index is -1.31. The van der Waals surface area contributed by atoms with E-state index in [-0.39, 0.29) is 30.8 Å². The third kappa shape index (κ3) is 5.99. The number of aliphatic hydroxyl groups is 1. The van der Waals surface area contributed by atoms with E-state index in [1.807, 2.05) is 0 Å². The zero-order valence-electron chi connectivity index (χ0n) is 24.7. The molecule has 2 amide bonds. The summed E-state index contributed by atoms with van der Waals surface area (Å²) >= 11 is 0. The molecule has 13 heteroatoms. The number of para-hydroxylation sites is 1. The molecule has 1 aliphatic rings. The van der Waals surface area contributed by atoms with Gasteiger partial charge in [-0.2, -0.15) is 0 Å². The molecule has 2 atom stereocenters. The molecule has 0 radical (unpaired) electrons. The Morgan fingerprint density at radius 2 is 1.56 bits per heavy atom. The maximum Gasteiger partial charge on any atom is 0.410 e. The Labute approximate surface area is 237 Å². The second kappa shape index (κ2) is 10.7. The molecule has 0 bridgehead atoms. The van der Waals surface area contributed by atoms with Gasteiger partial charge in [0.2, 0.25) is 0 Å². The standard InChI is InChI=1S/C28H38N6O7/c1-27(2,3)40-25(38)32-13-14-33(26(39)41-28(4,5)6)19(15-32)21(35)17-11-9-10-12-18(17)34-16-29-22-20(34)23(36)31(8)24(37)30(22)7/h9-12,16,19,21,35H,13-15H2,1-8H3. The molecule has 0 aliphatic carbocycles. The first kappa shape index (κ1) is 29.8. The number of fused-ring (bicyclic) bond motifs is 1. The number of aliphatic hydroxyl groups excluding tert-OH is 1. The Morgan fingerprint density at radius 1 is 0.951 bits per heavy atom. The highest BCUT2D eigenvalue weighted by Gasteiger charge is 2.41. The van der Waals surface area contributed by atoms with Crippen molar-refractivity contribution in [2.75, 3.05) is 19.6 Å². The van der Waals surface area contributed by atoms with Crippen LogP contribution >= 0.6 is 0 Å². The van der Waals surface area contributed by atoms with Crippen molar-refractivity contribution in [3.8, 4) is 5.69 Å². The second-order valence-corrected chi connectivity index (χ2v) is 12.2. The number of rotatable bonds is 3. The fraction of sp³-hybridized carbons (Fsp3) is 0.536. The molecule has 2 unspecified atom stereocenters. The molecule has 2 aromatic heterocycles. The van der Waals surface area contributed by atoms with E-state index in [0.717, 1.165) is 4.57 Å². The summed E-state index contributed by atoms with van der Waals surface area (Å²) in [7, 11) is 2.91. The highest BCUT2D eigenvalue weighted by molar-refractivity contribution is 5.74. The molecular formula is C28H38N6O7. The predicted molar refractivity (Wildman–Crippen MR) is 151 cm³/mol. The second-order valence-electron chi connectivity index (χ2n) is 12.2. The van der Waals surface area contributed by atoms with Crippen LogP contribution in [-0.4, -0.2) is 82.7 Å². The smallest absolute Gasteiger partial charge is 0.410 e. The van der Waals surface area contributed by atoms with Crippen LogP contribution in [0.1, 0.15) is 53.2 Å². The largest absolute Gasteiger partial charge is 0.444 e. The summed E-state index contributed by atoms with van der Waals surface area (Å²) in [6, 6.07) is 5.94. The average molecular weight is 571 g/mol. The quantitative estimate of drug-likeness (QED) is 0.506. The third-order valence-corrected chi connectivity index (χ3v) is 6.72. The van der Waals surface area contributed by atoms with E-state index >= 15 is 0 Å². The molecule has 1 N–H and O–H groups in total. The molecule has 3 heterocycles. The van der Waals surface area contributed by atoms with E-state index in [2.05, 4.69) is 4.98 Å². The minimum Gasteiger partial charge on any atom is -0.444 e. The van der Waals surface area contributed by atoms with Gasteiger partial charge in [-0.3, -0.25) is 23.4 Å². The van der Waals surface area contributed by atoms with Crippen molar-refractivity contribution in [1.82, 2.24) is 28.5 Å². The number of imidazole rings is 1. The topological polar surface area (TPSA) is 141 Å². The van der Waals surface area contributed by atoms with Crippen LogP contribution in [0, 0.1) is 0 Å². The number of piperazine rings is 1. The Morgan fingerprint density at radius 3 is 2.20 bits per heavy atom. The molecular weight excluding hydrogens is 532 g/mol. The number of aryl methyl sites for hydroxylation is 1. The number of ether oxygens (including phenoxy) is 2. The average Bonchev–Trinajstić information content (AvgIpc) is 3.33. The van der Waals surface area contributed by atoms with Crippen molar-refractivity contribution in [2.24, 2.45) is 14.1 Å². The highest BCUT2D eigenvalue weighted by atomic mass is 16.6. The van der Waals surface area contributed by atoms with E-state index in [0.29, 0.717) is 11.3 Å². The van der Waals surface area contributed by atoms with Gasteiger partial charge >= 0.3 is 17.9 Å². The third-order valence-electron chi connectivity index (χ3n) is 6.72. The monoisotopic (exact) mass is 570 g/mol. The summed E-state index contributed by atoms with van der Waals surface area (Å²) in [5, 5.41) is 11.9. The molecule has 222 valence electrons. The van der Waals surface area contributed by atoms with Gasteiger partial charge < -0.3 is 19.5 Å². The fourth-order valence-electron chi connectivity index (χ4n) is 4.81. The number of carbonyl (C=O) groups is 2. The first-order valence-corrected chi connectivity index (χ1v) is 13.4. The van der Waals surface area contributed by atoms with Gasteiger partial charge in [0, 0.05) is 39.3 Å². The van der Waals surface area contributed by atoms with Gasteiger partial charge in [0.25, 0.3) is 5.56 Å². The van der Waals surface area contributed by atoms with Crippen LogP contribution in [0.2, 0.25) is 0 Å². The van der Waals surface area contributed by atoms with Crippen LogP contribution in [0.15, 0.2) is 40.2 Å². The van der Waals surface area contributed by atoms with Crippen molar-refractivity contribution in [1.29, 1.82) is 0 Å². The number of aromatic nitrogens is 4. The molecule has 41 heavy (non-hydrogen) atoms. The lowest BCUT2D eigenvalue weighted by molar-refractivity contribution is -0.0401. The van der Waals surface area contributed by atoms with E-state index < -0.39 is 46.8 Å². The number of hydrogen-bond acceptors (Lipinski definition) is 8. The maximum absolute atomic E-state index is 13.3. The summed E-state index contributed by atoms with van der Waals surface area (Å²) < 4.78 is 15.0. The Bertz CT molecular complexity index is 1590. The van der Waals surface area contributed by atoms with E-state index in [9.17, 15) is 24.3 Å². The number of amides is 2. The van der Waals surface area contributed by atoms with Gasteiger partial charge in [-0.05, 0) is 47.6 Å². The van der Waals surface area contributed by atoms with Crippen LogP contribution in [0.5, 0.6) is 0 Å². The van der Waals surface area contributed by atoms with Crippen LogP contribution < -0.4 is 11.2 Å². The van der Waals surface area contributed by atoms with Crippen LogP contribution in [0.4, 0.5) is 9.59 Å². The van der Waals surface area contributed by atoms with E-state index in [1.165, 1.54) is 39.4 Å². The first-order valence-electron chi connectivity index (χ1n) is 13.4. The lowest BCUT2D eigenvalue weighted by atomic mass is 9.97. The van der Waals surface area contributed by atoms with Gasteiger partial charge in [-0.25, -0.2) is 19.4 Å². The lowest BCUT2D eigenvalue weighted by Crippen LogP contribution is -2.59. The van der Waals surface area contributed by atoms with Gasteiger partial charge in [0.15, 0.2) is 11.2 Å². The van der Waals surface area contributed by atoms with Crippen molar-refractivity contribution >= 4 is 23.4 Å². The molecule has 1 fully saturated rings. The maximum atomic E-state index is 13.3. The molecule has 0 saturated carbocycles.